The van der Waals surface area contributed by atoms with Crippen LogP contribution in [0.5, 0.6) is 0 Å². The Morgan fingerprint density at radius 2 is 1.74 bits per heavy atom. The van der Waals surface area contributed by atoms with Gasteiger partial charge >= 0.3 is 0 Å². The van der Waals surface area contributed by atoms with Crippen molar-refractivity contribution in [1.82, 2.24) is 10.3 Å². The Morgan fingerprint density at radius 1 is 1.11 bits per heavy atom. The van der Waals surface area contributed by atoms with E-state index in [1.807, 2.05) is 18.2 Å². The van der Waals surface area contributed by atoms with Crippen molar-refractivity contribution in [1.29, 1.82) is 0 Å². The zero-order valence-corrected chi connectivity index (χ0v) is 13.2. The van der Waals surface area contributed by atoms with Crippen molar-refractivity contribution in [2.75, 3.05) is 0 Å². The fraction of sp³-hybridized carbons (Fsp3) is 0.688. The summed E-state index contributed by atoms with van der Waals surface area (Å²) >= 11 is 0. The van der Waals surface area contributed by atoms with Crippen molar-refractivity contribution in [3.05, 3.63) is 29.6 Å². The summed E-state index contributed by atoms with van der Waals surface area (Å²) in [6.07, 6.45) is 0.998. The highest BCUT2D eigenvalue weighted by Crippen LogP contribution is 2.16. The Labute approximate surface area is 117 Å². The molecule has 0 aliphatic heterocycles. The minimum atomic E-state index is -0.0820. The summed E-state index contributed by atoms with van der Waals surface area (Å²) in [5.41, 5.74) is 2.08. The van der Waals surface area contributed by atoms with Crippen LogP contribution in [0.3, 0.4) is 0 Å². The molecular formula is C16H28N2O. The van der Waals surface area contributed by atoms with Crippen molar-refractivity contribution in [2.45, 2.75) is 72.3 Å². The van der Waals surface area contributed by atoms with Crippen LogP contribution in [0.15, 0.2) is 18.2 Å². The van der Waals surface area contributed by atoms with Gasteiger partial charge in [-0.1, -0.05) is 13.0 Å². The second-order valence-electron chi connectivity index (χ2n) is 6.63. The molecule has 0 saturated heterocycles. The first-order valence-electron chi connectivity index (χ1n) is 7.06. The first-order valence-corrected chi connectivity index (χ1v) is 7.06. The molecule has 1 aromatic heterocycles. The molecule has 0 amide bonds. The molecule has 0 unspecified atom stereocenters. The van der Waals surface area contributed by atoms with E-state index in [2.05, 4.69) is 51.8 Å². The van der Waals surface area contributed by atoms with E-state index in [0.29, 0.717) is 6.61 Å². The Balaban J connectivity index is 2.57. The topological polar surface area (TPSA) is 34.1 Å². The van der Waals surface area contributed by atoms with E-state index in [9.17, 15) is 0 Å². The van der Waals surface area contributed by atoms with Crippen LogP contribution in [-0.4, -0.2) is 16.1 Å². The Kier molecular flexibility index (Phi) is 5.50. The quantitative estimate of drug-likeness (QED) is 0.851. The highest BCUT2D eigenvalue weighted by atomic mass is 16.5. The molecule has 0 fully saturated rings. The summed E-state index contributed by atoms with van der Waals surface area (Å²) in [6, 6.07) is 6.11. The average molecular weight is 264 g/mol. The standard InChI is InChI=1S/C16H28N2O/c1-7-16(5,6)19-12-14-10-8-9-13(18-14)11-17-15(2,3)4/h8-10,17H,7,11-12H2,1-6H3. The summed E-state index contributed by atoms with van der Waals surface area (Å²) in [4.78, 5) is 4.63. The van der Waals surface area contributed by atoms with Gasteiger partial charge in [0.1, 0.15) is 0 Å². The number of pyridine rings is 1. The number of aromatic nitrogens is 1. The molecule has 0 radical (unpaired) electrons. The molecule has 19 heavy (non-hydrogen) atoms. The lowest BCUT2D eigenvalue weighted by Gasteiger charge is -2.23. The van der Waals surface area contributed by atoms with Gasteiger partial charge in [0.25, 0.3) is 0 Å². The zero-order chi connectivity index (χ0) is 14.5. The molecule has 0 bridgehead atoms. The fourth-order valence-electron chi connectivity index (χ4n) is 1.44. The van der Waals surface area contributed by atoms with Gasteiger partial charge in [0.05, 0.1) is 23.6 Å². The lowest BCUT2D eigenvalue weighted by Crippen LogP contribution is -2.35. The van der Waals surface area contributed by atoms with Gasteiger partial charge in [-0.15, -0.1) is 0 Å². The van der Waals surface area contributed by atoms with Crippen LogP contribution >= 0.6 is 0 Å². The number of hydrogen-bond acceptors (Lipinski definition) is 3. The molecule has 1 heterocycles. The highest BCUT2D eigenvalue weighted by molar-refractivity contribution is 5.11. The van der Waals surface area contributed by atoms with Gasteiger partial charge in [0, 0.05) is 12.1 Å². The van der Waals surface area contributed by atoms with Gasteiger partial charge in [-0.25, -0.2) is 0 Å². The first-order chi connectivity index (χ1) is 8.72. The van der Waals surface area contributed by atoms with Crippen molar-refractivity contribution in [3.8, 4) is 0 Å². The van der Waals surface area contributed by atoms with Crippen molar-refractivity contribution >= 4 is 0 Å². The number of nitrogens with one attached hydrogen (secondary N) is 1. The molecule has 1 N–H and O–H groups in total. The third-order valence-corrected chi connectivity index (χ3v) is 3.13. The lowest BCUT2D eigenvalue weighted by molar-refractivity contribution is -0.0330. The molecule has 0 aliphatic carbocycles. The molecular weight excluding hydrogens is 236 g/mol. The Hall–Kier alpha value is -0.930. The van der Waals surface area contributed by atoms with Crippen LogP contribution < -0.4 is 5.32 Å². The van der Waals surface area contributed by atoms with Crippen LogP contribution in [0, 0.1) is 0 Å². The van der Waals surface area contributed by atoms with Crippen molar-refractivity contribution in [2.24, 2.45) is 0 Å². The molecule has 108 valence electrons. The predicted octanol–water partition coefficient (Wildman–Crippen LogP) is 3.67. The van der Waals surface area contributed by atoms with Crippen LogP contribution in [-0.2, 0) is 17.9 Å². The summed E-state index contributed by atoms with van der Waals surface area (Å²) < 4.78 is 5.88. The van der Waals surface area contributed by atoms with E-state index < -0.39 is 0 Å². The van der Waals surface area contributed by atoms with Gasteiger partial charge in [-0.3, -0.25) is 4.98 Å². The molecule has 0 spiro atoms. The molecule has 1 rings (SSSR count). The summed E-state index contributed by atoms with van der Waals surface area (Å²) in [5, 5.41) is 3.45. The third kappa shape index (κ3) is 6.69. The largest absolute Gasteiger partial charge is 0.369 e. The summed E-state index contributed by atoms with van der Waals surface area (Å²) in [6.45, 7) is 14.2. The van der Waals surface area contributed by atoms with Crippen LogP contribution in [0.25, 0.3) is 0 Å². The van der Waals surface area contributed by atoms with E-state index in [-0.39, 0.29) is 11.1 Å². The van der Waals surface area contributed by atoms with Crippen molar-refractivity contribution < 1.29 is 4.74 Å². The fourth-order valence-corrected chi connectivity index (χ4v) is 1.44. The van der Waals surface area contributed by atoms with Gasteiger partial charge in [0.2, 0.25) is 0 Å². The first kappa shape index (κ1) is 16.1. The van der Waals surface area contributed by atoms with Crippen LogP contribution in [0.1, 0.15) is 59.4 Å². The molecule has 0 aromatic carbocycles. The van der Waals surface area contributed by atoms with Gasteiger partial charge < -0.3 is 10.1 Å². The van der Waals surface area contributed by atoms with Gasteiger partial charge in [-0.05, 0) is 53.2 Å². The smallest absolute Gasteiger partial charge is 0.0895 e. The maximum atomic E-state index is 5.88. The van der Waals surface area contributed by atoms with E-state index in [1.54, 1.807) is 0 Å². The second kappa shape index (κ2) is 6.49. The van der Waals surface area contributed by atoms with E-state index >= 15 is 0 Å². The number of rotatable bonds is 6. The SMILES string of the molecule is CCC(C)(C)OCc1cccc(CNC(C)(C)C)n1. The maximum Gasteiger partial charge on any atom is 0.0895 e. The molecule has 3 nitrogen and oxygen atoms in total. The lowest BCUT2D eigenvalue weighted by atomic mass is 10.1. The zero-order valence-electron chi connectivity index (χ0n) is 13.2. The minimum absolute atomic E-state index is 0.0820. The monoisotopic (exact) mass is 264 g/mol. The maximum absolute atomic E-state index is 5.88. The molecule has 0 aliphatic rings. The number of nitrogens with zero attached hydrogens (tertiary/aromatic N) is 1. The predicted molar refractivity (Wildman–Crippen MR) is 80.0 cm³/mol. The minimum Gasteiger partial charge on any atom is -0.369 e. The van der Waals surface area contributed by atoms with E-state index in [1.165, 1.54) is 0 Å². The van der Waals surface area contributed by atoms with E-state index in [4.69, 9.17) is 4.74 Å². The summed E-state index contributed by atoms with van der Waals surface area (Å²) in [7, 11) is 0. The Bertz CT molecular complexity index is 394. The normalized spacial score (nSPS) is 12.7. The van der Waals surface area contributed by atoms with E-state index in [0.717, 1.165) is 24.4 Å². The number of hydrogen-bond donors (Lipinski definition) is 1. The summed E-state index contributed by atoms with van der Waals surface area (Å²) in [5.74, 6) is 0. The van der Waals surface area contributed by atoms with Crippen LogP contribution in [0.4, 0.5) is 0 Å². The van der Waals surface area contributed by atoms with Crippen molar-refractivity contribution in [3.63, 3.8) is 0 Å². The third-order valence-electron chi connectivity index (χ3n) is 3.13. The molecule has 0 atom stereocenters. The van der Waals surface area contributed by atoms with Gasteiger partial charge in [-0.2, -0.15) is 0 Å². The molecule has 1 aromatic rings. The van der Waals surface area contributed by atoms with Crippen LogP contribution in [0.2, 0.25) is 0 Å². The Morgan fingerprint density at radius 3 is 2.32 bits per heavy atom. The highest BCUT2D eigenvalue weighted by Gasteiger charge is 2.15. The average Bonchev–Trinajstić information content (AvgIpc) is 2.34. The molecule has 0 saturated carbocycles. The number of ether oxygens (including phenoxy) is 1. The molecule has 3 heteroatoms. The van der Waals surface area contributed by atoms with Gasteiger partial charge in [0.15, 0.2) is 0 Å². The second-order valence-corrected chi connectivity index (χ2v) is 6.63.